The molecule has 0 radical (unpaired) electrons. The highest BCUT2D eigenvalue weighted by Crippen LogP contribution is 2.28. The van der Waals surface area contributed by atoms with Crippen LogP contribution in [0.15, 0.2) is 35.4 Å². The van der Waals surface area contributed by atoms with Crippen molar-refractivity contribution in [1.82, 2.24) is 0 Å². The molecule has 0 aliphatic carbocycles. The number of hydrogen-bond acceptors (Lipinski definition) is 5. The van der Waals surface area contributed by atoms with E-state index >= 15 is 0 Å². The van der Waals surface area contributed by atoms with Crippen molar-refractivity contribution in [3.63, 3.8) is 0 Å². The number of carbonyl (C=O) groups excluding carboxylic acids is 1. The van der Waals surface area contributed by atoms with Gasteiger partial charge < -0.3 is 4.55 Å². The summed E-state index contributed by atoms with van der Waals surface area (Å²) >= 11 is -2.58. The van der Waals surface area contributed by atoms with Crippen molar-refractivity contribution in [3.05, 3.63) is 35.9 Å². The van der Waals surface area contributed by atoms with Crippen molar-refractivity contribution in [3.8, 4) is 0 Å². The van der Waals surface area contributed by atoms with Crippen LogP contribution in [0.4, 0.5) is 0 Å². The Balaban J connectivity index is 2.88. The van der Waals surface area contributed by atoms with Crippen molar-refractivity contribution in [2.75, 3.05) is 0 Å². The number of rotatable bonds is 6. The fourth-order valence-electron chi connectivity index (χ4n) is 1.59. The van der Waals surface area contributed by atoms with Gasteiger partial charge in [0.05, 0.1) is 5.41 Å². The van der Waals surface area contributed by atoms with Crippen LogP contribution in [-0.4, -0.2) is 19.9 Å². The van der Waals surface area contributed by atoms with Crippen LogP contribution in [0.2, 0.25) is 0 Å². The van der Waals surface area contributed by atoms with Gasteiger partial charge in [-0.1, -0.05) is 30.3 Å². The third kappa shape index (κ3) is 3.30. The first-order chi connectivity index (χ1) is 8.39. The van der Waals surface area contributed by atoms with E-state index in [1.807, 2.05) is 18.2 Å². The number of nitrogens with one attached hydrogen (secondary N) is 1. The van der Waals surface area contributed by atoms with Crippen molar-refractivity contribution in [2.45, 2.75) is 25.6 Å². The summed E-state index contributed by atoms with van der Waals surface area (Å²) in [5.74, 6) is -0.251. The van der Waals surface area contributed by atoms with Crippen molar-refractivity contribution >= 4 is 16.9 Å². The molecule has 2 atom stereocenters. The van der Waals surface area contributed by atoms with Gasteiger partial charge in [0.25, 0.3) is 0 Å². The van der Waals surface area contributed by atoms with Crippen LogP contribution in [0, 0.1) is 10.9 Å². The van der Waals surface area contributed by atoms with Crippen LogP contribution in [-0.2, 0) is 22.3 Å². The normalized spacial score (nSPS) is 14.8. The molecule has 0 saturated heterocycles. The van der Waals surface area contributed by atoms with E-state index in [1.54, 1.807) is 12.1 Å². The Morgan fingerprint density at radius 1 is 1.44 bits per heavy atom. The molecule has 0 amide bonds. The molecule has 1 aromatic carbocycles. The average Bonchev–Trinajstić information content (AvgIpc) is 2.30. The van der Waals surface area contributed by atoms with E-state index in [1.165, 1.54) is 13.8 Å². The smallest absolute Gasteiger partial charge is 0.145 e. The van der Waals surface area contributed by atoms with Gasteiger partial charge in [-0.3, -0.25) is 9.00 Å². The van der Waals surface area contributed by atoms with Crippen molar-refractivity contribution in [1.29, 1.82) is 5.53 Å². The lowest BCUT2D eigenvalue weighted by Gasteiger charge is -2.30. The van der Waals surface area contributed by atoms with Crippen molar-refractivity contribution in [2.24, 2.45) is 10.5 Å². The minimum Gasteiger partial charge on any atom is -0.771 e. The van der Waals surface area contributed by atoms with Gasteiger partial charge in [0.1, 0.15) is 11.2 Å². The lowest BCUT2D eigenvalue weighted by Crippen LogP contribution is -2.39. The summed E-state index contributed by atoms with van der Waals surface area (Å²) in [6.07, 6.45) is 0.136. The maximum Gasteiger partial charge on any atom is 0.145 e. The molecule has 0 aliphatic heterocycles. The second-order valence-corrected chi connectivity index (χ2v) is 5.52. The molecule has 0 saturated carbocycles. The number of benzene rings is 1. The van der Waals surface area contributed by atoms with Crippen LogP contribution >= 0.6 is 0 Å². The fourth-order valence-corrected chi connectivity index (χ4v) is 2.29. The molecule has 0 bridgehead atoms. The maximum atomic E-state index is 12.1. The van der Waals surface area contributed by atoms with Gasteiger partial charge in [0, 0.05) is 6.42 Å². The quantitative estimate of drug-likeness (QED) is 0.631. The van der Waals surface area contributed by atoms with E-state index in [0.717, 1.165) is 5.56 Å². The molecule has 5 nitrogen and oxygen atoms in total. The molecule has 1 N–H and O–H groups in total. The van der Waals surface area contributed by atoms with Crippen molar-refractivity contribution < 1.29 is 13.6 Å². The monoisotopic (exact) mass is 267 g/mol. The molecule has 0 spiro atoms. The number of hydrogen-bond donors (Lipinski definition) is 1. The van der Waals surface area contributed by atoms with Crippen LogP contribution in [0.5, 0.6) is 0 Å². The molecule has 0 aliphatic rings. The third-order valence-electron chi connectivity index (χ3n) is 2.84. The van der Waals surface area contributed by atoms with Crippen LogP contribution < -0.4 is 0 Å². The Hall–Kier alpha value is -1.40. The van der Waals surface area contributed by atoms with E-state index in [2.05, 4.69) is 5.11 Å². The standard InChI is InChI=1S/C12H16N2O3S/c1-12(2,11(14-13)18(16)17)10(15)8-9-6-4-3-5-7-9/h3-7,11,13H,8H2,1-2H3,(H,16,17)/p-1. The molecule has 2 unspecified atom stereocenters. The molecule has 1 aromatic rings. The number of Topliss-reactive ketones (excluding diaryl/α,β-unsaturated/α-hetero) is 1. The van der Waals surface area contributed by atoms with E-state index in [9.17, 15) is 13.6 Å². The molecule has 18 heavy (non-hydrogen) atoms. The van der Waals surface area contributed by atoms with E-state index in [-0.39, 0.29) is 12.2 Å². The fraction of sp³-hybridized carbons (Fsp3) is 0.417. The van der Waals surface area contributed by atoms with Crippen LogP contribution in [0.25, 0.3) is 0 Å². The van der Waals surface area contributed by atoms with Crippen LogP contribution in [0.3, 0.4) is 0 Å². The van der Waals surface area contributed by atoms with E-state index < -0.39 is 21.9 Å². The summed E-state index contributed by atoms with van der Waals surface area (Å²) in [5.41, 5.74) is 6.51. The minimum absolute atomic E-state index is 0.136. The zero-order valence-electron chi connectivity index (χ0n) is 10.3. The number of nitrogens with zero attached hydrogens (tertiary/aromatic N) is 1. The SMILES string of the molecule is CC(C)(C(=O)Cc1ccccc1)C(N=N)S(=O)[O-]. The molecular weight excluding hydrogens is 252 g/mol. The van der Waals surface area contributed by atoms with Gasteiger partial charge in [0.2, 0.25) is 0 Å². The van der Waals surface area contributed by atoms with Crippen LogP contribution in [0.1, 0.15) is 19.4 Å². The predicted octanol–water partition coefficient (Wildman–Crippen LogP) is 2.06. The number of carbonyl (C=O) groups is 1. The predicted molar refractivity (Wildman–Crippen MR) is 66.8 cm³/mol. The lowest BCUT2D eigenvalue weighted by molar-refractivity contribution is -0.126. The Bertz CT molecular complexity index is 460. The first-order valence-electron chi connectivity index (χ1n) is 5.41. The summed E-state index contributed by atoms with van der Waals surface area (Å²) in [6, 6.07) is 9.07. The summed E-state index contributed by atoms with van der Waals surface area (Å²) in [5, 5.41) is 1.70. The summed E-state index contributed by atoms with van der Waals surface area (Å²) in [6.45, 7) is 2.99. The van der Waals surface area contributed by atoms with Gasteiger partial charge >= 0.3 is 0 Å². The third-order valence-corrected chi connectivity index (χ3v) is 3.90. The second kappa shape index (κ2) is 5.97. The van der Waals surface area contributed by atoms with Gasteiger partial charge in [-0.15, -0.1) is 0 Å². The molecule has 6 heteroatoms. The molecule has 0 heterocycles. The topological polar surface area (TPSA) is 93.4 Å². The summed E-state index contributed by atoms with van der Waals surface area (Å²) in [4.78, 5) is 12.1. The van der Waals surface area contributed by atoms with E-state index in [0.29, 0.717) is 0 Å². The highest BCUT2D eigenvalue weighted by molar-refractivity contribution is 7.79. The maximum absolute atomic E-state index is 12.1. The molecule has 1 rings (SSSR count). The Labute approximate surface area is 108 Å². The van der Waals surface area contributed by atoms with E-state index in [4.69, 9.17) is 5.53 Å². The van der Waals surface area contributed by atoms with Gasteiger partial charge in [-0.2, -0.15) is 5.11 Å². The average molecular weight is 267 g/mol. The summed E-state index contributed by atoms with van der Waals surface area (Å²) < 4.78 is 21.9. The highest BCUT2D eigenvalue weighted by Gasteiger charge is 2.37. The molecule has 0 fully saturated rings. The number of ketones is 1. The summed E-state index contributed by atoms with van der Waals surface area (Å²) in [7, 11) is 0. The van der Waals surface area contributed by atoms with Gasteiger partial charge in [-0.05, 0) is 30.5 Å². The first-order valence-corrected chi connectivity index (χ1v) is 6.55. The zero-order chi connectivity index (χ0) is 13.8. The Morgan fingerprint density at radius 2 is 2.00 bits per heavy atom. The Morgan fingerprint density at radius 3 is 2.44 bits per heavy atom. The van der Waals surface area contributed by atoms with Gasteiger partial charge in [-0.25, -0.2) is 5.53 Å². The zero-order valence-corrected chi connectivity index (χ0v) is 11.1. The molecular formula is C12H15N2O3S-. The molecule has 0 aromatic heterocycles. The largest absolute Gasteiger partial charge is 0.771 e. The Kier molecular flexibility index (Phi) is 4.86. The minimum atomic E-state index is -2.58. The first kappa shape index (κ1) is 14.7. The lowest BCUT2D eigenvalue weighted by atomic mass is 9.84. The second-order valence-electron chi connectivity index (χ2n) is 4.55. The molecule has 98 valence electrons. The van der Waals surface area contributed by atoms with Gasteiger partial charge in [0.15, 0.2) is 0 Å². The highest BCUT2D eigenvalue weighted by atomic mass is 32.2.